The number of hydrogen-bond donors (Lipinski definition) is 0. The Morgan fingerprint density at radius 1 is 0.541 bits per heavy atom. The average Bonchev–Trinajstić information content (AvgIpc) is 2.82. The van der Waals surface area contributed by atoms with E-state index in [1.165, 1.54) is 67.1 Å². The van der Waals surface area contributed by atoms with E-state index in [0.29, 0.717) is 0 Å². The van der Waals surface area contributed by atoms with Crippen LogP contribution < -0.4 is 0 Å². The zero-order valence-electron chi connectivity index (χ0n) is 18.6. The molecule has 0 amide bonds. The molecule has 4 rings (SSSR count). The molecule has 0 unspecified atom stereocenters. The summed E-state index contributed by atoms with van der Waals surface area (Å²) in [5, 5.41) is 0. The SMILES string of the molecule is O=S(=O)([O-])c1ccccc1C1=CC[CH]C(c2ccccc2S(=O)(=O)[O-])=C1c1ccccc1S(=O)(=O)[O-].[Mn+3]. The number of hydrogen-bond acceptors (Lipinski definition) is 9. The van der Waals surface area contributed by atoms with Gasteiger partial charge in [0, 0.05) is 5.56 Å². The Bertz CT molecular complexity index is 1760. The standard InChI is InChI=1S/C24H19O9S3.Mn/c25-34(26,27)21-13-4-1-8-16(21)18-11-7-12-19(17-9-2-5-14-22(17)35(28,29)30)24(18)20-10-3-6-15-23(20)36(31,32)33;/h1-6,8-15H,7H2,(H,25,26,27)(H,28,29,30)(H,31,32,33);/q;+3/p-3. The van der Waals surface area contributed by atoms with Crippen LogP contribution in [0, 0.1) is 6.42 Å². The minimum absolute atomic E-state index is 0. The van der Waals surface area contributed by atoms with Gasteiger partial charge in [-0.3, -0.25) is 0 Å². The molecule has 0 N–H and O–H groups in total. The van der Waals surface area contributed by atoms with Gasteiger partial charge in [-0.1, -0.05) is 60.7 Å². The molecule has 0 fully saturated rings. The molecule has 13 heteroatoms. The minimum Gasteiger partial charge on any atom is -0.744 e. The fourth-order valence-corrected chi connectivity index (χ4v) is 6.20. The fraction of sp³-hybridized carbons (Fsp3) is 0.0417. The molecule has 1 radical (unpaired) electrons. The summed E-state index contributed by atoms with van der Waals surface area (Å²) in [5.41, 5.74) is -0.167. The van der Waals surface area contributed by atoms with E-state index in [-0.39, 0.29) is 56.9 Å². The van der Waals surface area contributed by atoms with Crippen molar-refractivity contribution in [3.05, 3.63) is 102 Å². The summed E-state index contributed by atoms with van der Waals surface area (Å²) >= 11 is 0. The average molecular weight is 600 g/mol. The van der Waals surface area contributed by atoms with E-state index < -0.39 is 45.0 Å². The predicted molar refractivity (Wildman–Crippen MR) is 127 cm³/mol. The Labute approximate surface area is 225 Å². The maximum absolute atomic E-state index is 12.1. The summed E-state index contributed by atoms with van der Waals surface area (Å²) in [6.07, 6.45) is 3.15. The number of rotatable bonds is 6. The van der Waals surface area contributed by atoms with Crippen LogP contribution in [0.1, 0.15) is 23.1 Å². The number of allylic oxidation sites excluding steroid dienone is 4. The molecular weight excluding hydrogens is 583 g/mol. The van der Waals surface area contributed by atoms with E-state index in [9.17, 15) is 38.9 Å². The molecule has 0 spiro atoms. The first-order valence-corrected chi connectivity index (χ1v) is 14.5. The predicted octanol–water partition coefficient (Wildman–Crippen LogP) is 3.00. The van der Waals surface area contributed by atoms with Crippen LogP contribution in [-0.4, -0.2) is 38.9 Å². The van der Waals surface area contributed by atoms with Gasteiger partial charge in [-0.05, 0) is 58.9 Å². The van der Waals surface area contributed by atoms with E-state index >= 15 is 0 Å². The van der Waals surface area contributed by atoms with Gasteiger partial charge in [0.25, 0.3) is 0 Å². The first kappa shape index (κ1) is 29.0. The van der Waals surface area contributed by atoms with Crippen molar-refractivity contribution in [2.24, 2.45) is 0 Å². The maximum Gasteiger partial charge on any atom is 3.00 e. The molecular formula is C24H16MnO9S3. The van der Waals surface area contributed by atoms with Crippen molar-refractivity contribution in [1.29, 1.82) is 0 Å². The smallest absolute Gasteiger partial charge is 0.744 e. The van der Waals surface area contributed by atoms with Gasteiger partial charge >= 0.3 is 17.1 Å². The summed E-state index contributed by atoms with van der Waals surface area (Å²) in [7, 11) is -15.0. The van der Waals surface area contributed by atoms with Gasteiger partial charge in [-0.15, -0.1) is 0 Å². The van der Waals surface area contributed by atoms with Crippen molar-refractivity contribution >= 4 is 47.1 Å². The Kier molecular flexibility index (Phi) is 8.32. The molecule has 3 aromatic rings. The largest absolute Gasteiger partial charge is 3.00 e. The molecule has 0 aliphatic heterocycles. The van der Waals surface area contributed by atoms with E-state index in [0.717, 1.165) is 18.2 Å². The van der Waals surface area contributed by atoms with Crippen LogP contribution in [-0.2, 0) is 47.4 Å². The second kappa shape index (κ2) is 10.6. The third-order valence-corrected chi connectivity index (χ3v) is 8.19. The van der Waals surface area contributed by atoms with Crippen molar-refractivity contribution in [1.82, 2.24) is 0 Å². The Morgan fingerprint density at radius 2 is 0.919 bits per heavy atom. The molecule has 3 aromatic carbocycles. The van der Waals surface area contributed by atoms with Crippen molar-refractivity contribution in [2.75, 3.05) is 0 Å². The first-order chi connectivity index (χ1) is 16.8. The first-order valence-electron chi connectivity index (χ1n) is 10.2. The zero-order valence-corrected chi connectivity index (χ0v) is 22.2. The Morgan fingerprint density at radius 3 is 1.41 bits per heavy atom. The second-order valence-corrected chi connectivity index (χ2v) is 11.7. The third-order valence-electron chi connectivity index (χ3n) is 5.50. The van der Waals surface area contributed by atoms with Crippen molar-refractivity contribution < 1.29 is 56.0 Å². The topological polar surface area (TPSA) is 172 Å². The van der Waals surface area contributed by atoms with E-state index in [2.05, 4.69) is 0 Å². The molecule has 9 nitrogen and oxygen atoms in total. The van der Waals surface area contributed by atoms with Gasteiger partial charge in [0.05, 0.1) is 14.7 Å². The van der Waals surface area contributed by atoms with Gasteiger partial charge in [0.15, 0.2) is 0 Å². The molecule has 0 saturated carbocycles. The summed E-state index contributed by atoms with van der Waals surface area (Å²) in [6, 6.07) is 15.6. The molecule has 0 bridgehead atoms. The fourth-order valence-electron chi connectivity index (χ4n) is 4.13. The Balaban J connectivity index is 0.00000380. The van der Waals surface area contributed by atoms with Crippen LogP contribution in [0.15, 0.2) is 93.6 Å². The summed E-state index contributed by atoms with van der Waals surface area (Å²) < 4.78 is 109. The van der Waals surface area contributed by atoms with Crippen molar-refractivity contribution in [2.45, 2.75) is 21.1 Å². The second-order valence-electron chi connectivity index (χ2n) is 7.70. The molecule has 37 heavy (non-hydrogen) atoms. The van der Waals surface area contributed by atoms with Gasteiger partial charge in [-0.2, -0.15) is 0 Å². The van der Waals surface area contributed by atoms with Gasteiger partial charge in [0.1, 0.15) is 30.4 Å². The molecule has 1 aliphatic carbocycles. The molecule has 0 heterocycles. The maximum atomic E-state index is 12.1. The van der Waals surface area contributed by atoms with Crippen LogP contribution >= 0.6 is 0 Å². The molecule has 1 aliphatic rings. The van der Waals surface area contributed by atoms with Gasteiger partial charge in [-0.25, -0.2) is 25.3 Å². The van der Waals surface area contributed by atoms with Gasteiger partial charge in [0.2, 0.25) is 0 Å². The van der Waals surface area contributed by atoms with Crippen LogP contribution in [0.3, 0.4) is 0 Å². The minimum atomic E-state index is -5.06. The monoisotopic (exact) mass is 599 g/mol. The van der Waals surface area contributed by atoms with Crippen molar-refractivity contribution in [3.8, 4) is 0 Å². The Hall–Kier alpha value is -2.61. The summed E-state index contributed by atoms with van der Waals surface area (Å²) in [4.78, 5) is -1.84. The third kappa shape index (κ3) is 5.95. The van der Waals surface area contributed by atoms with Crippen LogP contribution in [0.4, 0.5) is 0 Å². The van der Waals surface area contributed by atoms with Crippen molar-refractivity contribution in [3.63, 3.8) is 0 Å². The quantitative estimate of drug-likeness (QED) is 0.305. The van der Waals surface area contributed by atoms with E-state index in [4.69, 9.17) is 0 Å². The van der Waals surface area contributed by atoms with E-state index in [1.54, 1.807) is 0 Å². The normalized spacial score (nSPS) is 14.6. The molecule has 191 valence electrons. The zero-order chi connectivity index (χ0) is 26.3. The molecule has 0 aromatic heterocycles. The van der Waals surface area contributed by atoms with E-state index in [1.807, 2.05) is 0 Å². The molecule has 0 atom stereocenters. The van der Waals surface area contributed by atoms with Gasteiger partial charge < -0.3 is 13.7 Å². The number of benzene rings is 3. The van der Waals surface area contributed by atoms with Crippen LogP contribution in [0.25, 0.3) is 16.7 Å². The van der Waals surface area contributed by atoms with Crippen LogP contribution in [0.5, 0.6) is 0 Å². The molecule has 0 saturated heterocycles. The van der Waals surface area contributed by atoms with Crippen LogP contribution in [0.2, 0.25) is 0 Å². The summed E-state index contributed by atoms with van der Waals surface area (Å²) in [6.45, 7) is 0. The summed E-state index contributed by atoms with van der Waals surface area (Å²) in [5.74, 6) is 0.